The molecule has 580 valence electrons. The molecule has 0 aliphatic carbocycles. The van der Waals surface area contributed by atoms with E-state index < -0.39 is 40.4 Å². The second-order valence-corrected chi connectivity index (χ2v) is 30.6. The van der Waals surface area contributed by atoms with Crippen LogP contribution < -0.4 is 0 Å². The SMILES string of the molecule is CCCCCCCCCCCCCCCCCCOC(CCCCCCCCCCCCCCCCCC)C(OC(=O)OC(c1ccc([N+](=O)[O-])cc1)C(CCCCCCCCCCCCCCCCCC)OCCCCCCCCCCCCCCCCCC)c1ccc([N+](=O)[O-])cc1. The van der Waals surface area contributed by atoms with E-state index in [0.717, 1.165) is 77.0 Å². The molecule has 0 radical (unpaired) electrons. The number of hydrogen-bond donors (Lipinski definition) is 0. The van der Waals surface area contributed by atoms with E-state index in [0.29, 0.717) is 37.2 Å². The third-order valence-corrected chi connectivity index (χ3v) is 21.3. The van der Waals surface area contributed by atoms with Crippen molar-refractivity contribution in [1.82, 2.24) is 0 Å². The van der Waals surface area contributed by atoms with Crippen molar-refractivity contribution in [2.75, 3.05) is 13.2 Å². The normalized spacial score (nSPS) is 12.8. The molecule has 0 amide bonds. The van der Waals surface area contributed by atoms with Crippen LogP contribution in [0.1, 0.15) is 475 Å². The Bertz CT molecular complexity index is 1930. The molecule has 0 spiro atoms. The van der Waals surface area contributed by atoms with Gasteiger partial charge in [-0.25, -0.2) is 4.79 Å². The molecule has 100 heavy (non-hydrogen) atoms. The maximum Gasteiger partial charge on any atom is 0.509 e. The van der Waals surface area contributed by atoms with E-state index in [-0.39, 0.29) is 11.4 Å². The molecule has 0 saturated carbocycles. The highest BCUT2D eigenvalue weighted by atomic mass is 16.7. The Morgan fingerprint density at radius 3 is 0.620 bits per heavy atom. The largest absolute Gasteiger partial charge is 0.509 e. The Morgan fingerprint density at radius 1 is 0.270 bits per heavy atom. The van der Waals surface area contributed by atoms with Crippen LogP contribution in [0, 0.1) is 20.2 Å². The summed E-state index contributed by atoms with van der Waals surface area (Å²) in [6.45, 7) is 10.2. The molecule has 11 nitrogen and oxygen atoms in total. The smallest absolute Gasteiger partial charge is 0.423 e. The minimum absolute atomic E-state index is 0.0369. The van der Waals surface area contributed by atoms with E-state index in [1.807, 2.05) is 0 Å². The third kappa shape index (κ3) is 55.0. The van der Waals surface area contributed by atoms with Crippen LogP contribution in [0.15, 0.2) is 48.5 Å². The van der Waals surface area contributed by atoms with E-state index in [1.165, 1.54) is 358 Å². The van der Waals surface area contributed by atoms with Crippen molar-refractivity contribution >= 4 is 17.5 Å². The zero-order chi connectivity index (χ0) is 71.9. The molecule has 0 aliphatic heterocycles. The van der Waals surface area contributed by atoms with Gasteiger partial charge in [0.25, 0.3) is 11.4 Å². The standard InChI is InChI=1S/C89H160N2O9/c1-5-9-13-17-21-25-29-33-37-41-45-49-53-57-61-65-69-85(97-79-67-63-59-55-51-47-43-39-35-31-27-23-19-15-11-7-3)87(81-71-75-83(76-72-81)90(93)94)99-89(92)100-88(82-73-77-84(78-74-82)91(95)96)86(70-66-62-58-54-50-46-42-38-34-30-26-22-18-14-10-6-2)98-80-68-64-60-56-52-48-44-40-36-32-28-24-20-16-12-8-4/h71-78,85-88H,5-70,79-80H2,1-4H3. The Kier molecular flexibility index (Phi) is 65.7. The van der Waals surface area contributed by atoms with Gasteiger partial charge in [-0.1, -0.05) is 426 Å². The van der Waals surface area contributed by atoms with Crippen LogP contribution in [-0.4, -0.2) is 41.4 Å². The number of unbranched alkanes of at least 4 members (excludes halogenated alkanes) is 60. The Labute approximate surface area is 617 Å². The van der Waals surface area contributed by atoms with Gasteiger partial charge in [-0.15, -0.1) is 0 Å². The van der Waals surface area contributed by atoms with Crippen molar-refractivity contribution in [2.24, 2.45) is 0 Å². The molecule has 0 aliphatic rings. The summed E-state index contributed by atoms with van der Waals surface area (Å²) in [7, 11) is 0. The van der Waals surface area contributed by atoms with Gasteiger partial charge in [0, 0.05) is 37.5 Å². The monoisotopic (exact) mass is 1400 g/mol. The predicted molar refractivity (Wildman–Crippen MR) is 426 cm³/mol. The van der Waals surface area contributed by atoms with Gasteiger partial charge in [-0.3, -0.25) is 20.2 Å². The van der Waals surface area contributed by atoms with Crippen molar-refractivity contribution in [3.8, 4) is 0 Å². The molecule has 2 aromatic rings. The number of carbonyl (C=O) groups excluding carboxylic acids is 1. The lowest BCUT2D eigenvalue weighted by Crippen LogP contribution is -2.31. The molecule has 0 saturated heterocycles. The fourth-order valence-corrected chi connectivity index (χ4v) is 14.7. The van der Waals surface area contributed by atoms with Crippen molar-refractivity contribution in [3.05, 3.63) is 79.9 Å². The first-order valence-corrected chi connectivity index (χ1v) is 43.8. The summed E-state index contributed by atoms with van der Waals surface area (Å²) in [4.78, 5) is 38.2. The van der Waals surface area contributed by atoms with Gasteiger partial charge in [0.15, 0.2) is 12.2 Å². The predicted octanol–water partition coefficient (Wildman–Crippen LogP) is 31.0. The zero-order valence-corrected chi connectivity index (χ0v) is 66.1. The maximum absolute atomic E-state index is 14.9. The average Bonchev–Trinajstić information content (AvgIpc) is 0.836. The molecule has 2 rings (SSSR count). The number of rotatable bonds is 78. The summed E-state index contributed by atoms with van der Waals surface area (Å²) >= 11 is 0. The fraction of sp³-hybridized carbons (Fsp3) is 0.854. The fourth-order valence-electron chi connectivity index (χ4n) is 14.7. The van der Waals surface area contributed by atoms with Crippen LogP contribution in [0.5, 0.6) is 0 Å². The van der Waals surface area contributed by atoms with Crippen LogP contribution in [0.25, 0.3) is 0 Å². The average molecular weight is 1400 g/mol. The molecule has 4 unspecified atom stereocenters. The Balaban J connectivity index is 2.27. The first kappa shape index (κ1) is 92.5. The van der Waals surface area contributed by atoms with Gasteiger partial charge in [0.1, 0.15) is 0 Å². The first-order valence-electron chi connectivity index (χ1n) is 43.8. The quantitative estimate of drug-likeness (QED) is 0.0274. The number of benzene rings is 2. The van der Waals surface area contributed by atoms with E-state index in [4.69, 9.17) is 18.9 Å². The number of non-ortho nitro benzene ring substituents is 2. The number of ether oxygens (including phenoxy) is 4. The van der Waals surface area contributed by atoms with Gasteiger partial charge in [0.2, 0.25) is 0 Å². The van der Waals surface area contributed by atoms with E-state index >= 15 is 0 Å². The summed E-state index contributed by atoms with van der Waals surface area (Å²) < 4.78 is 26.9. The summed E-state index contributed by atoms with van der Waals surface area (Å²) in [6.07, 6.45) is 79.5. The van der Waals surface area contributed by atoms with Crippen LogP contribution in [0.3, 0.4) is 0 Å². The minimum Gasteiger partial charge on any atom is -0.423 e. The molecular weight excluding hydrogens is 1240 g/mol. The molecule has 4 atom stereocenters. The lowest BCUT2D eigenvalue weighted by molar-refractivity contribution is -0.385. The molecule has 0 aromatic heterocycles. The number of hydrogen-bond acceptors (Lipinski definition) is 9. The molecule has 11 heteroatoms. The molecule has 0 fully saturated rings. The topological polar surface area (TPSA) is 140 Å². The highest BCUT2D eigenvalue weighted by Gasteiger charge is 2.34. The molecule has 0 bridgehead atoms. The van der Waals surface area contributed by atoms with Crippen molar-refractivity contribution in [1.29, 1.82) is 0 Å². The van der Waals surface area contributed by atoms with Crippen molar-refractivity contribution in [3.63, 3.8) is 0 Å². The number of nitro groups is 2. The van der Waals surface area contributed by atoms with Gasteiger partial charge in [0.05, 0.1) is 22.1 Å². The van der Waals surface area contributed by atoms with Gasteiger partial charge < -0.3 is 18.9 Å². The molecular formula is C89H160N2O9. The molecule has 0 N–H and O–H groups in total. The van der Waals surface area contributed by atoms with E-state index in [1.54, 1.807) is 24.3 Å². The molecule has 0 heterocycles. The third-order valence-electron chi connectivity index (χ3n) is 21.3. The minimum atomic E-state index is -0.895. The second kappa shape index (κ2) is 71.1. The zero-order valence-electron chi connectivity index (χ0n) is 66.1. The van der Waals surface area contributed by atoms with Crippen LogP contribution >= 0.6 is 0 Å². The number of nitro benzene ring substituents is 2. The van der Waals surface area contributed by atoms with E-state index in [2.05, 4.69) is 27.7 Å². The first-order chi connectivity index (χ1) is 49.2. The lowest BCUT2D eigenvalue weighted by Gasteiger charge is -2.31. The second-order valence-electron chi connectivity index (χ2n) is 30.6. The summed E-state index contributed by atoms with van der Waals surface area (Å²) in [5.41, 5.74) is 1.16. The highest BCUT2D eigenvalue weighted by Crippen LogP contribution is 2.35. The van der Waals surface area contributed by atoms with Crippen molar-refractivity contribution in [2.45, 2.75) is 476 Å². The van der Waals surface area contributed by atoms with Gasteiger partial charge in [-0.2, -0.15) is 0 Å². The van der Waals surface area contributed by atoms with Crippen LogP contribution in [-0.2, 0) is 18.9 Å². The Hall–Kier alpha value is -3.57. The van der Waals surface area contributed by atoms with Gasteiger partial charge >= 0.3 is 6.16 Å². The van der Waals surface area contributed by atoms with Crippen LogP contribution in [0.2, 0.25) is 0 Å². The summed E-state index contributed by atoms with van der Waals surface area (Å²) in [5, 5.41) is 24.0. The highest BCUT2D eigenvalue weighted by molar-refractivity contribution is 5.61. The number of carbonyl (C=O) groups is 1. The van der Waals surface area contributed by atoms with Gasteiger partial charge in [-0.05, 0) is 61.1 Å². The van der Waals surface area contributed by atoms with Crippen molar-refractivity contribution < 1.29 is 33.6 Å². The summed E-state index contributed by atoms with van der Waals surface area (Å²) in [6, 6.07) is 12.7. The maximum atomic E-state index is 14.9. The van der Waals surface area contributed by atoms with Crippen LogP contribution in [0.4, 0.5) is 16.2 Å². The summed E-state index contributed by atoms with van der Waals surface area (Å²) in [5.74, 6) is 0. The number of nitrogens with zero attached hydrogens (tertiary/aromatic N) is 2. The lowest BCUT2D eigenvalue weighted by atomic mass is 9.97. The Morgan fingerprint density at radius 2 is 0.440 bits per heavy atom. The molecule has 2 aromatic carbocycles. The van der Waals surface area contributed by atoms with E-state index in [9.17, 15) is 25.0 Å².